The van der Waals surface area contributed by atoms with Gasteiger partial charge in [0.1, 0.15) is 5.75 Å². The highest BCUT2D eigenvalue weighted by Crippen LogP contribution is 2.14. The Labute approximate surface area is 134 Å². The fourth-order valence-electron chi connectivity index (χ4n) is 1.83. The lowest BCUT2D eigenvalue weighted by Gasteiger charge is -2.08. The molecule has 0 spiro atoms. The average molecular weight is 315 g/mol. The summed E-state index contributed by atoms with van der Waals surface area (Å²) in [5, 5.41) is 12.0. The Balaban J connectivity index is 1.78. The zero-order chi connectivity index (χ0) is 15.8. The molecule has 0 unspecified atom stereocenters. The van der Waals surface area contributed by atoms with Crippen molar-refractivity contribution in [3.8, 4) is 11.8 Å². The molecule has 2 aromatic rings. The zero-order valence-electron chi connectivity index (χ0n) is 11.9. The summed E-state index contributed by atoms with van der Waals surface area (Å²) in [5.74, 6) is 0.371. The molecular weight excluding hydrogens is 300 g/mol. The minimum Gasteiger partial charge on any atom is -0.484 e. The van der Waals surface area contributed by atoms with Gasteiger partial charge in [0.05, 0.1) is 12.5 Å². The maximum Gasteiger partial charge on any atom is 0.258 e. The van der Waals surface area contributed by atoms with Crippen LogP contribution in [0, 0.1) is 11.3 Å². The van der Waals surface area contributed by atoms with E-state index in [0.717, 1.165) is 11.1 Å². The molecule has 0 atom stereocenters. The highest BCUT2D eigenvalue weighted by atomic mass is 35.5. The fourth-order valence-corrected chi connectivity index (χ4v) is 2.03. The molecule has 0 aliphatic rings. The third-order valence-electron chi connectivity index (χ3n) is 3.01. The minimum atomic E-state index is -0.221. The first-order chi connectivity index (χ1) is 10.7. The van der Waals surface area contributed by atoms with Crippen molar-refractivity contribution in [3.63, 3.8) is 0 Å². The highest BCUT2D eigenvalue weighted by Gasteiger charge is 2.05. The second-order valence-corrected chi connectivity index (χ2v) is 5.04. The third kappa shape index (κ3) is 4.80. The molecule has 5 heteroatoms. The van der Waals surface area contributed by atoms with Crippen LogP contribution in [0.4, 0.5) is 0 Å². The van der Waals surface area contributed by atoms with E-state index in [4.69, 9.17) is 21.6 Å². The van der Waals surface area contributed by atoms with Crippen LogP contribution < -0.4 is 10.1 Å². The number of nitrogens with zero attached hydrogens (tertiary/aromatic N) is 1. The molecule has 0 saturated heterocycles. The fraction of sp³-hybridized carbons (Fsp3) is 0.176. The predicted octanol–water partition coefficient (Wildman–Crippen LogP) is 3.10. The van der Waals surface area contributed by atoms with Crippen LogP contribution in [0.2, 0.25) is 5.02 Å². The van der Waals surface area contributed by atoms with Gasteiger partial charge in [0.2, 0.25) is 0 Å². The summed E-state index contributed by atoms with van der Waals surface area (Å²) >= 11 is 6.02. The van der Waals surface area contributed by atoms with E-state index < -0.39 is 0 Å². The van der Waals surface area contributed by atoms with E-state index in [1.165, 1.54) is 0 Å². The van der Waals surface area contributed by atoms with Gasteiger partial charge in [-0.25, -0.2) is 0 Å². The summed E-state index contributed by atoms with van der Waals surface area (Å²) in [6, 6.07) is 16.5. The van der Waals surface area contributed by atoms with E-state index in [1.54, 1.807) is 30.3 Å². The van der Waals surface area contributed by atoms with Crippen molar-refractivity contribution in [1.82, 2.24) is 5.32 Å². The van der Waals surface area contributed by atoms with Gasteiger partial charge in [0, 0.05) is 11.6 Å². The lowest BCUT2D eigenvalue weighted by atomic mass is 10.2. The highest BCUT2D eigenvalue weighted by molar-refractivity contribution is 6.31. The molecule has 0 aliphatic carbocycles. The van der Waals surface area contributed by atoms with Gasteiger partial charge in [-0.2, -0.15) is 5.26 Å². The van der Waals surface area contributed by atoms with Gasteiger partial charge in [-0.3, -0.25) is 4.79 Å². The first-order valence-electron chi connectivity index (χ1n) is 6.78. The van der Waals surface area contributed by atoms with Crippen molar-refractivity contribution in [3.05, 3.63) is 64.7 Å². The number of ether oxygens (including phenoxy) is 1. The molecule has 1 amide bonds. The van der Waals surface area contributed by atoms with E-state index in [0.29, 0.717) is 23.7 Å². The molecule has 112 valence electrons. The number of hydrogen-bond acceptors (Lipinski definition) is 3. The molecular formula is C17H15ClN2O2. The monoisotopic (exact) mass is 314 g/mol. The van der Waals surface area contributed by atoms with Crippen molar-refractivity contribution in [2.45, 2.75) is 13.0 Å². The largest absolute Gasteiger partial charge is 0.484 e. The molecule has 4 nitrogen and oxygen atoms in total. The van der Waals surface area contributed by atoms with E-state index in [-0.39, 0.29) is 12.5 Å². The maximum atomic E-state index is 11.7. The first kappa shape index (κ1) is 15.9. The minimum absolute atomic E-state index is 0.0674. The van der Waals surface area contributed by atoms with Crippen LogP contribution in [-0.4, -0.2) is 12.5 Å². The lowest BCUT2D eigenvalue weighted by molar-refractivity contribution is -0.123. The van der Waals surface area contributed by atoms with Crippen LogP contribution in [0.15, 0.2) is 48.5 Å². The maximum absolute atomic E-state index is 11.7. The van der Waals surface area contributed by atoms with Crippen molar-refractivity contribution in [2.24, 2.45) is 0 Å². The van der Waals surface area contributed by atoms with Crippen molar-refractivity contribution in [1.29, 1.82) is 5.26 Å². The molecule has 0 fully saturated rings. The van der Waals surface area contributed by atoms with Crippen LogP contribution >= 0.6 is 11.6 Å². The number of amides is 1. The molecule has 0 heterocycles. The molecule has 0 saturated carbocycles. The van der Waals surface area contributed by atoms with E-state index in [9.17, 15) is 4.79 Å². The van der Waals surface area contributed by atoms with Gasteiger partial charge in [0.15, 0.2) is 6.61 Å². The number of halogens is 1. The summed E-state index contributed by atoms with van der Waals surface area (Å²) in [7, 11) is 0. The standard InChI is InChI=1S/C17H15ClN2O2/c18-16-4-2-1-3-14(16)11-20-17(21)12-22-15-7-5-13(6-8-15)9-10-19/h1-8H,9,11-12H2,(H,20,21). The van der Waals surface area contributed by atoms with Crippen LogP contribution in [0.1, 0.15) is 11.1 Å². The predicted molar refractivity (Wildman–Crippen MR) is 84.6 cm³/mol. The summed E-state index contributed by atoms with van der Waals surface area (Å²) in [6.45, 7) is 0.297. The zero-order valence-corrected chi connectivity index (χ0v) is 12.6. The second-order valence-electron chi connectivity index (χ2n) is 4.64. The molecule has 2 rings (SSSR count). The molecule has 0 radical (unpaired) electrons. The molecule has 0 bridgehead atoms. The summed E-state index contributed by atoms with van der Waals surface area (Å²) < 4.78 is 5.39. The Kier molecular flexibility index (Phi) is 5.81. The topological polar surface area (TPSA) is 62.1 Å². The van der Waals surface area contributed by atoms with Crippen molar-refractivity contribution >= 4 is 17.5 Å². The molecule has 22 heavy (non-hydrogen) atoms. The number of rotatable bonds is 6. The number of hydrogen-bond donors (Lipinski definition) is 1. The van der Waals surface area contributed by atoms with Gasteiger partial charge in [-0.15, -0.1) is 0 Å². The van der Waals surface area contributed by atoms with E-state index in [1.807, 2.05) is 18.2 Å². The van der Waals surface area contributed by atoms with Crippen molar-refractivity contribution in [2.75, 3.05) is 6.61 Å². The smallest absolute Gasteiger partial charge is 0.258 e. The van der Waals surface area contributed by atoms with E-state index >= 15 is 0 Å². The van der Waals surface area contributed by atoms with Gasteiger partial charge in [0.25, 0.3) is 5.91 Å². The van der Waals surface area contributed by atoms with Gasteiger partial charge < -0.3 is 10.1 Å². The number of nitriles is 1. The van der Waals surface area contributed by atoms with Gasteiger partial charge >= 0.3 is 0 Å². The molecule has 0 aromatic heterocycles. The average Bonchev–Trinajstić information content (AvgIpc) is 2.54. The summed E-state index contributed by atoms with van der Waals surface area (Å²) in [5.41, 5.74) is 1.77. The van der Waals surface area contributed by atoms with E-state index in [2.05, 4.69) is 11.4 Å². The summed E-state index contributed by atoms with van der Waals surface area (Å²) in [6.07, 6.45) is 0.360. The Morgan fingerprint density at radius 2 is 1.91 bits per heavy atom. The van der Waals surface area contributed by atoms with Gasteiger partial charge in [-0.05, 0) is 29.3 Å². The molecule has 1 N–H and O–H groups in total. The van der Waals surface area contributed by atoms with Crippen LogP contribution in [-0.2, 0) is 17.8 Å². The Morgan fingerprint density at radius 3 is 2.59 bits per heavy atom. The second kappa shape index (κ2) is 8.06. The number of carbonyl (C=O) groups excluding carboxylic acids is 1. The van der Waals surface area contributed by atoms with Crippen molar-refractivity contribution < 1.29 is 9.53 Å². The van der Waals surface area contributed by atoms with Crippen LogP contribution in [0.3, 0.4) is 0 Å². The first-order valence-corrected chi connectivity index (χ1v) is 7.15. The number of benzene rings is 2. The van der Waals surface area contributed by atoms with Crippen LogP contribution in [0.5, 0.6) is 5.75 Å². The molecule has 0 aliphatic heterocycles. The molecule has 2 aromatic carbocycles. The quantitative estimate of drug-likeness (QED) is 0.891. The number of nitrogens with one attached hydrogen (secondary N) is 1. The van der Waals surface area contributed by atoms with Gasteiger partial charge in [-0.1, -0.05) is 41.9 Å². The third-order valence-corrected chi connectivity index (χ3v) is 3.38. The normalized spacial score (nSPS) is 9.82. The Hall–Kier alpha value is -2.51. The lowest BCUT2D eigenvalue weighted by Crippen LogP contribution is -2.28. The Bertz CT molecular complexity index is 678. The summed E-state index contributed by atoms with van der Waals surface area (Å²) in [4.78, 5) is 11.7. The number of carbonyl (C=O) groups is 1. The SMILES string of the molecule is N#CCc1ccc(OCC(=O)NCc2ccccc2Cl)cc1. The van der Waals surface area contributed by atoms with Crippen LogP contribution in [0.25, 0.3) is 0 Å². The Morgan fingerprint density at radius 1 is 1.18 bits per heavy atom.